The van der Waals surface area contributed by atoms with Crippen LogP contribution in [0.1, 0.15) is 16.3 Å². The van der Waals surface area contributed by atoms with Crippen LogP contribution in [-0.4, -0.2) is 16.1 Å². The van der Waals surface area contributed by atoms with E-state index in [9.17, 15) is 4.79 Å². The summed E-state index contributed by atoms with van der Waals surface area (Å²) in [7, 11) is 0. The molecule has 1 aromatic carbocycles. The van der Waals surface area contributed by atoms with Gasteiger partial charge >= 0.3 is 0 Å². The Hall–Kier alpha value is -2.47. The van der Waals surface area contributed by atoms with E-state index in [1.807, 2.05) is 48.7 Å². The van der Waals surface area contributed by atoms with Crippen molar-refractivity contribution < 1.29 is 9.21 Å². The third kappa shape index (κ3) is 3.59. The van der Waals surface area contributed by atoms with Crippen molar-refractivity contribution in [3.05, 3.63) is 58.1 Å². The minimum Gasteiger partial charge on any atom is -0.419 e. The average Bonchev–Trinajstić information content (AvgIpc) is 3.16. The lowest BCUT2D eigenvalue weighted by molar-refractivity contribution is -0.120. The Morgan fingerprint density at radius 3 is 2.95 bits per heavy atom. The molecule has 5 nitrogen and oxygen atoms in total. The van der Waals surface area contributed by atoms with E-state index >= 15 is 0 Å². The topological polar surface area (TPSA) is 68.0 Å². The summed E-state index contributed by atoms with van der Waals surface area (Å²) in [5, 5.41) is 12.7. The van der Waals surface area contributed by atoms with Gasteiger partial charge in [0.05, 0.1) is 13.0 Å². The Morgan fingerprint density at radius 2 is 2.18 bits per heavy atom. The van der Waals surface area contributed by atoms with Gasteiger partial charge in [0.2, 0.25) is 17.7 Å². The van der Waals surface area contributed by atoms with Gasteiger partial charge in [-0.25, -0.2) is 0 Å². The molecule has 0 radical (unpaired) electrons. The number of carbonyl (C=O) groups excluding carboxylic acids is 1. The van der Waals surface area contributed by atoms with Crippen molar-refractivity contribution in [2.45, 2.75) is 19.9 Å². The summed E-state index contributed by atoms with van der Waals surface area (Å²) < 4.78 is 5.58. The molecule has 2 aromatic heterocycles. The number of nitrogens with one attached hydrogen (secondary N) is 1. The van der Waals surface area contributed by atoms with Crippen LogP contribution in [0, 0.1) is 6.92 Å². The Balaban J connectivity index is 1.59. The van der Waals surface area contributed by atoms with E-state index in [-0.39, 0.29) is 12.5 Å². The molecule has 0 spiro atoms. The molecule has 1 N–H and O–H groups in total. The van der Waals surface area contributed by atoms with Crippen LogP contribution in [0.25, 0.3) is 11.5 Å². The monoisotopic (exact) mass is 313 g/mol. The summed E-state index contributed by atoms with van der Waals surface area (Å²) in [6.07, 6.45) is 0.372. The third-order valence-corrected chi connectivity index (χ3v) is 3.96. The zero-order valence-corrected chi connectivity index (χ0v) is 12.9. The maximum Gasteiger partial charge on any atom is 0.247 e. The molecule has 0 bridgehead atoms. The first-order valence-electron chi connectivity index (χ1n) is 6.89. The molecule has 3 aromatic rings. The molecule has 0 atom stereocenters. The summed E-state index contributed by atoms with van der Waals surface area (Å²) >= 11 is 1.56. The molecule has 0 aliphatic heterocycles. The molecule has 3 rings (SSSR count). The number of carbonyl (C=O) groups is 1. The van der Waals surface area contributed by atoms with Crippen LogP contribution in [0.5, 0.6) is 0 Å². The maximum atomic E-state index is 11.8. The van der Waals surface area contributed by atoms with E-state index in [4.69, 9.17) is 4.42 Å². The quantitative estimate of drug-likeness (QED) is 0.786. The van der Waals surface area contributed by atoms with Gasteiger partial charge in [-0.2, -0.15) is 0 Å². The standard InChI is InChI=1S/C16H15N3O2S/c1-11-4-2-5-12(8-11)16-19-18-15(21-16)10-17-14(20)9-13-6-3-7-22-13/h2-8H,9-10H2,1H3,(H,17,20). The molecule has 0 saturated carbocycles. The van der Waals surface area contributed by atoms with Crippen LogP contribution in [0.4, 0.5) is 0 Å². The first kappa shape index (κ1) is 14.5. The van der Waals surface area contributed by atoms with Gasteiger partial charge < -0.3 is 9.73 Å². The number of rotatable bonds is 5. The lowest BCUT2D eigenvalue weighted by atomic mass is 10.1. The highest BCUT2D eigenvalue weighted by atomic mass is 32.1. The Labute approximate surface area is 132 Å². The number of amides is 1. The lowest BCUT2D eigenvalue weighted by Gasteiger charge is -2.00. The summed E-state index contributed by atoms with van der Waals surface area (Å²) in [4.78, 5) is 12.8. The minimum atomic E-state index is -0.0576. The van der Waals surface area contributed by atoms with Crippen LogP contribution >= 0.6 is 11.3 Å². The minimum absolute atomic E-state index is 0.0576. The Kier molecular flexibility index (Phi) is 4.29. The summed E-state index contributed by atoms with van der Waals surface area (Å²) in [6.45, 7) is 2.24. The van der Waals surface area contributed by atoms with Crippen LogP contribution in [0.3, 0.4) is 0 Å². The van der Waals surface area contributed by atoms with Crippen molar-refractivity contribution in [2.75, 3.05) is 0 Å². The number of nitrogens with zero attached hydrogens (tertiary/aromatic N) is 2. The van der Waals surface area contributed by atoms with Gasteiger partial charge in [0, 0.05) is 10.4 Å². The van der Waals surface area contributed by atoms with E-state index in [1.54, 1.807) is 11.3 Å². The van der Waals surface area contributed by atoms with Crippen molar-refractivity contribution in [3.63, 3.8) is 0 Å². The van der Waals surface area contributed by atoms with Gasteiger partial charge in [-0.1, -0.05) is 23.8 Å². The number of thiophene rings is 1. The molecule has 112 valence electrons. The molecular formula is C16H15N3O2S. The fourth-order valence-electron chi connectivity index (χ4n) is 2.03. The van der Waals surface area contributed by atoms with Crippen LogP contribution in [0.2, 0.25) is 0 Å². The SMILES string of the molecule is Cc1cccc(-c2nnc(CNC(=O)Cc3cccs3)o2)c1. The first-order valence-corrected chi connectivity index (χ1v) is 7.77. The second-order valence-corrected chi connectivity index (χ2v) is 5.94. The van der Waals surface area contributed by atoms with Crippen LogP contribution in [-0.2, 0) is 17.8 Å². The predicted octanol–water partition coefficient (Wildman–Crippen LogP) is 2.97. The second-order valence-electron chi connectivity index (χ2n) is 4.90. The third-order valence-electron chi connectivity index (χ3n) is 3.08. The van der Waals surface area contributed by atoms with Crippen molar-refractivity contribution in [1.29, 1.82) is 0 Å². The fourth-order valence-corrected chi connectivity index (χ4v) is 2.73. The van der Waals surface area contributed by atoms with Crippen molar-refractivity contribution >= 4 is 17.2 Å². The molecule has 1 amide bonds. The maximum absolute atomic E-state index is 11.8. The number of aromatic nitrogens is 2. The lowest BCUT2D eigenvalue weighted by Crippen LogP contribution is -2.24. The van der Waals surface area contributed by atoms with Crippen molar-refractivity contribution in [1.82, 2.24) is 15.5 Å². The normalized spacial score (nSPS) is 10.6. The summed E-state index contributed by atoms with van der Waals surface area (Å²) in [5.74, 6) is 0.806. The molecule has 0 fully saturated rings. The smallest absolute Gasteiger partial charge is 0.247 e. The largest absolute Gasteiger partial charge is 0.419 e. The highest BCUT2D eigenvalue weighted by Gasteiger charge is 2.10. The van der Waals surface area contributed by atoms with Crippen LogP contribution in [0.15, 0.2) is 46.2 Å². The molecule has 0 aliphatic rings. The molecule has 0 unspecified atom stereocenters. The number of hydrogen-bond acceptors (Lipinski definition) is 5. The zero-order chi connectivity index (χ0) is 15.4. The van der Waals surface area contributed by atoms with Gasteiger partial charge in [0.1, 0.15) is 0 Å². The van der Waals surface area contributed by atoms with E-state index < -0.39 is 0 Å². The van der Waals surface area contributed by atoms with Gasteiger partial charge in [-0.15, -0.1) is 21.5 Å². The highest BCUT2D eigenvalue weighted by Crippen LogP contribution is 2.18. The van der Waals surface area contributed by atoms with Gasteiger partial charge in [-0.3, -0.25) is 4.79 Å². The Morgan fingerprint density at radius 1 is 1.27 bits per heavy atom. The van der Waals surface area contributed by atoms with Gasteiger partial charge in [0.25, 0.3) is 0 Å². The number of hydrogen-bond donors (Lipinski definition) is 1. The zero-order valence-electron chi connectivity index (χ0n) is 12.1. The summed E-state index contributed by atoms with van der Waals surface area (Å²) in [6, 6.07) is 11.7. The molecule has 2 heterocycles. The van der Waals surface area contributed by atoms with Crippen molar-refractivity contribution in [3.8, 4) is 11.5 Å². The average molecular weight is 313 g/mol. The van der Waals surface area contributed by atoms with E-state index in [0.717, 1.165) is 16.0 Å². The number of aryl methyl sites for hydroxylation is 1. The number of benzene rings is 1. The summed E-state index contributed by atoms with van der Waals surface area (Å²) in [5.41, 5.74) is 2.00. The van der Waals surface area contributed by atoms with Crippen LogP contribution < -0.4 is 5.32 Å². The van der Waals surface area contributed by atoms with E-state index in [2.05, 4.69) is 15.5 Å². The highest BCUT2D eigenvalue weighted by molar-refractivity contribution is 7.10. The molecule has 22 heavy (non-hydrogen) atoms. The molecule has 6 heteroatoms. The van der Waals surface area contributed by atoms with E-state index in [1.165, 1.54) is 0 Å². The first-order chi connectivity index (χ1) is 10.7. The molecular weight excluding hydrogens is 298 g/mol. The van der Waals surface area contributed by atoms with Gasteiger partial charge in [-0.05, 0) is 30.5 Å². The molecule has 0 aliphatic carbocycles. The molecule has 0 saturated heterocycles. The Bertz CT molecular complexity index is 765. The fraction of sp³-hybridized carbons (Fsp3) is 0.188. The predicted molar refractivity (Wildman–Crippen MR) is 84.3 cm³/mol. The van der Waals surface area contributed by atoms with E-state index in [0.29, 0.717) is 18.2 Å². The second kappa shape index (κ2) is 6.53. The van der Waals surface area contributed by atoms with Gasteiger partial charge in [0.15, 0.2) is 0 Å². The van der Waals surface area contributed by atoms with Crippen molar-refractivity contribution in [2.24, 2.45) is 0 Å².